The predicted octanol–water partition coefficient (Wildman–Crippen LogP) is 4.03. The van der Waals surface area contributed by atoms with Crippen molar-refractivity contribution < 1.29 is 23.1 Å². The van der Waals surface area contributed by atoms with Gasteiger partial charge in [0, 0.05) is 17.7 Å². The molecule has 1 aromatic carbocycles. The minimum absolute atomic E-state index is 0.0660. The third-order valence-corrected chi connectivity index (χ3v) is 4.02. The highest BCUT2D eigenvalue weighted by Crippen LogP contribution is 2.41. The monoisotopic (exact) mass is 342 g/mol. The van der Waals surface area contributed by atoms with Gasteiger partial charge in [-0.1, -0.05) is 37.5 Å². The highest BCUT2D eigenvalue weighted by Gasteiger charge is 2.63. The number of rotatable bonds is 5. The molecule has 0 saturated heterocycles. The second kappa shape index (κ2) is 6.93. The number of alkyl halides is 3. The molecule has 1 aliphatic heterocycles. The minimum atomic E-state index is -4.98. The number of carbonyl (C=O) groups excluding carboxylic acids is 1. The second-order valence-corrected chi connectivity index (χ2v) is 6.10. The maximum absolute atomic E-state index is 13.4. The van der Waals surface area contributed by atoms with Gasteiger partial charge in [-0.15, -0.1) is 0 Å². The van der Waals surface area contributed by atoms with Crippen molar-refractivity contribution in [1.82, 2.24) is 5.01 Å². The molecule has 0 spiro atoms. The molecule has 1 N–H and O–H groups in total. The van der Waals surface area contributed by atoms with Crippen LogP contribution in [-0.4, -0.2) is 33.6 Å². The summed E-state index contributed by atoms with van der Waals surface area (Å²) in [7, 11) is 0. The average molecular weight is 342 g/mol. The van der Waals surface area contributed by atoms with Crippen LogP contribution in [-0.2, 0) is 0 Å². The summed E-state index contributed by atoms with van der Waals surface area (Å²) in [6.07, 6.45) is -2.89. The van der Waals surface area contributed by atoms with Crippen molar-refractivity contribution in [3.05, 3.63) is 35.4 Å². The molecule has 132 valence electrons. The van der Waals surface area contributed by atoms with Gasteiger partial charge in [0.2, 0.25) is 0 Å². The number of carbonyl (C=O) groups is 1. The van der Waals surface area contributed by atoms with Gasteiger partial charge >= 0.3 is 6.18 Å². The molecule has 0 fully saturated rings. The van der Waals surface area contributed by atoms with Crippen molar-refractivity contribution in [3.8, 4) is 0 Å². The zero-order chi connectivity index (χ0) is 18.0. The molecule has 1 atom stereocenters. The van der Waals surface area contributed by atoms with Gasteiger partial charge < -0.3 is 5.11 Å². The Kier molecular flexibility index (Phi) is 5.32. The summed E-state index contributed by atoms with van der Waals surface area (Å²) in [5.74, 6) is -0.955. The highest BCUT2D eigenvalue weighted by molar-refractivity contribution is 5.98. The molecule has 24 heavy (non-hydrogen) atoms. The second-order valence-electron chi connectivity index (χ2n) is 6.10. The van der Waals surface area contributed by atoms with Gasteiger partial charge in [0.1, 0.15) is 0 Å². The average Bonchev–Trinajstić information content (AvgIpc) is 2.85. The fourth-order valence-electron chi connectivity index (χ4n) is 2.67. The number of unbranched alkanes of at least 4 members (excludes halogenated alkanes) is 2. The number of benzene rings is 1. The Morgan fingerprint density at radius 2 is 2.08 bits per heavy atom. The SMILES string of the molecule is CCCCCC1=NN(C(=O)c2cccc(C)c2)C(O)(C(F)(F)F)C1. The Labute approximate surface area is 139 Å². The van der Waals surface area contributed by atoms with E-state index in [2.05, 4.69) is 5.10 Å². The Hall–Kier alpha value is -1.89. The number of hydrogen-bond acceptors (Lipinski definition) is 3. The number of halogens is 3. The van der Waals surface area contributed by atoms with Gasteiger partial charge in [0.05, 0.1) is 0 Å². The Bertz CT molecular complexity index is 643. The molecule has 0 aliphatic carbocycles. The fraction of sp³-hybridized carbons (Fsp3) is 0.529. The maximum atomic E-state index is 13.4. The molecule has 7 heteroatoms. The summed E-state index contributed by atoms with van der Waals surface area (Å²) in [4.78, 5) is 12.5. The van der Waals surface area contributed by atoms with Crippen LogP contribution in [0.2, 0.25) is 0 Å². The molecule has 1 unspecified atom stereocenters. The Balaban J connectivity index is 2.32. The van der Waals surface area contributed by atoms with Gasteiger partial charge in [0.25, 0.3) is 11.6 Å². The summed E-state index contributed by atoms with van der Waals surface area (Å²) >= 11 is 0. The van der Waals surface area contributed by atoms with Crippen molar-refractivity contribution in [1.29, 1.82) is 0 Å². The molecule has 0 saturated carbocycles. The van der Waals surface area contributed by atoms with Gasteiger partial charge in [-0.3, -0.25) is 4.79 Å². The smallest absolute Gasteiger partial charge is 0.362 e. The molecular weight excluding hydrogens is 321 g/mol. The van der Waals surface area contributed by atoms with Crippen LogP contribution in [0, 0.1) is 6.92 Å². The number of aliphatic hydroxyl groups is 1. The molecule has 1 aliphatic rings. The van der Waals surface area contributed by atoms with E-state index < -0.39 is 24.2 Å². The lowest BCUT2D eigenvalue weighted by atomic mass is 10.0. The van der Waals surface area contributed by atoms with Crippen molar-refractivity contribution in [2.45, 2.75) is 57.9 Å². The lowest BCUT2D eigenvalue weighted by Gasteiger charge is -2.32. The largest absolute Gasteiger partial charge is 0.438 e. The van der Waals surface area contributed by atoms with E-state index in [1.807, 2.05) is 6.92 Å². The number of hydrazone groups is 1. The first-order valence-electron chi connectivity index (χ1n) is 7.95. The van der Waals surface area contributed by atoms with E-state index in [0.29, 0.717) is 12.8 Å². The van der Waals surface area contributed by atoms with E-state index in [9.17, 15) is 23.1 Å². The first-order chi connectivity index (χ1) is 11.2. The Morgan fingerprint density at radius 1 is 1.38 bits per heavy atom. The van der Waals surface area contributed by atoms with Crippen LogP contribution in [0.3, 0.4) is 0 Å². The molecular formula is C17H21F3N2O2. The van der Waals surface area contributed by atoms with Gasteiger partial charge in [-0.05, 0) is 31.9 Å². The summed E-state index contributed by atoms with van der Waals surface area (Å²) in [6, 6.07) is 6.20. The first-order valence-corrected chi connectivity index (χ1v) is 7.95. The third-order valence-electron chi connectivity index (χ3n) is 4.02. The molecule has 0 radical (unpaired) electrons. The van der Waals surface area contributed by atoms with Crippen LogP contribution in [0.5, 0.6) is 0 Å². The highest BCUT2D eigenvalue weighted by atomic mass is 19.4. The summed E-state index contributed by atoms with van der Waals surface area (Å²) in [5, 5.41) is 14.2. The maximum Gasteiger partial charge on any atom is 0.438 e. The lowest BCUT2D eigenvalue weighted by molar-refractivity contribution is -0.297. The first kappa shape index (κ1) is 18.4. The van der Waals surface area contributed by atoms with Crippen LogP contribution in [0.25, 0.3) is 0 Å². The van der Waals surface area contributed by atoms with Crippen LogP contribution < -0.4 is 0 Å². The number of amides is 1. The molecule has 0 aromatic heterocycles. The quantitative estimate of drug-likeness (QED) is 0.822. The number of hydrogen-bond donors (Lipinski definition) is 1. The van der Waals surface area contributed by atoms with Crippen molar-refractivity contribution >= 4 is 11.6 Å². The topological polar surface area (TPSA) is 52.9 Å². The van der Waals surface area contributed by atoms with Crippen LogP contribution in [0.4, 0.5) is 13.2 Å². The fourth-order valence-corrected chi connectivity index (χ4v) is 2.67. The predicted molar refractivity (Wildman–Crippen MR) is 84.5 cm³/mol. The summed E-state index contributed by atoms with van der Waals surface area (Å²) in [5.41, 5.74) is -2.28. The number of aryl methyl sites for hydroxylation is 1. The zero-order valence-corrected chi connectivity index (χ0v) is 13.7. The van der Waals surface area contributed by atoms with Crippen LogP contribution >= 0.6 is 0 Å². The molecule has 0 bridgehead atoms. The molecule has 1 heterocycles. The van der Waals surface area contributed by atoms with Gasteiger partial charge in [-0.25, -0.2) is 0 Å². The van der Waals surface area contributed by atoms with E-state index in [1.54, 1.807) is 19.1 Å². The van der Waals surface area contributed by atoms with E-state index in [0.717, 1.165) is 18.4 Å². The minimum Gasteiger partial charge on any atom is -0.362 e. The van der Waals surface area contributed by atoms with Crippen molar-refractivity contribution in [2.24, 2.45) is 5.10 Å². The van der Waals surface area contributed by atoms with Gasteiger partial charge in [-0.2, -0.15) is 23.3 Å². The Morgan fingerprint density at radius 3 is 2.67 bits per heavy atom. The molecule has 1 aromatic rings. The normalized spacial score (nSPS) is 21.1. The van der Waals surface area contributed by atoms with E-state index in [1.165, 1.54) is 12.1 Å². The van der Waals surface area contributed by atoms with Crippen LogP contribution in [0.15, 0.2) is 29.4 Å². The van der Waals surface area contributed by atoms with Gasteiger partial charge in [0.15, 0.2) is 0 Å². The summed E-state index contributed by atoms with van der Waals surface area (Å²) in [6.45, 7) is 3.71. The molecule has 2 rings (SSSR count). The third kappa shape index (κ3) is 3.61. The molecule has 1 amide bonds. The molecule has 4 nitrogen and oxygen atoms in total. The zero-order valence-electron chi connectivity index (χ0n) is 13.7. The number of nitrogens with zero attached hydrogens (tertiary/aromatic N) is 2. The standard InChI is InChI=1S/C17H21F3N2O2/c1-3-4-5-9-14-11-16(24,17(18,19)20)22(21-14)15(23)13-8-6-7-12(2)10-13/h6-8,10,24H,3-5,9,11H2,1-2H3. The van der Waals surface area contributed by atoms with E-state index in [-0.39, 0.29) is 16.3 Å². The van der Waals surface area contributed by atoms with E-state index in [4.69, 9.17) is 0 Å². The van der Waals surface area contributed by atoms with Crippen molar-refractivity contribution in [3.63, 3.8) is 0 Å². The van der Waals surface area contributed by atoms with Crippen molar-refractivity contribution in [2.75, 3.05) is 0 Å². The lowest BCUT2D eigenvalue weighted by Crippen LogP contribution is -2.56. The van der Waals surface area contributed by atoms with E-state index >= 15 is 0 Å². The van der Waals surface area contributed by atoms with Crippen LogP contribution in [0.1, 0.15) is 54.9 Å². The summed E-state index contributed by atoms with van der Waals surface area (Å²) < 4.78 is 40.2.